The molecular formula is C87H121N15O26S. The maximum atomic E-state index is 14.4. The van der Waals surface area contributed by atoms with Gasteiger partial charge in [0.1, 0.15) is 44.6 Å². The van der Waals surface area contributed by atoms with Gasteiger partial charge in [-0.3, -0.25) is 34.6 Å². The van der Waals surface area contributed by atoms with Crippen LogP contribution < -0.4 is 87.1 Å². The van der Waals surface area contributed by atoms with Crippen LogP contribution >= 0.6 is 0 Å². The van der Waals surface area contributed by atoms with Crippen LogP contribution in [-0.2, 0) is 80.5 Å². The molecule has 1 fully saturated rings. The summed E-state index contributed by atoms with van der Waals surface area (Å²) in [5.41, 5.74) is 13.6. The van der Waals surface area contributed by atoms with Gasteiger partial charge < -0.3 is 120 Å². The summed E-state index contributed by atoms with van der Waals surface area (Å²) in [6, 6.07) is 13.4. The molecule has 0 saturated heterocycles. The Bertz CT molecular complexity index is 4810. The summed E-state index contributed by atoms with van der Waals surface area (Å²) in [4.78, 5) is 141. The molecule has 0 bridgehead atoms. The van der Waals surface area contributed by atoms with Crippen molar-refractivity contribution < 1.29 is 123 Å². The molecule has 4 heterocycles. The number of unbranched alkanes of at least 4 members (excludes halogenated alkanes) is 2. The number of amides is 10. The van der Waals surface area contributed by atoms with Crippen molar-refractivity contribution in [2.45, 2.75) is 162 Å². The van der Waals surface area contributed by atoms with E-state index in [0.29, 0.717) is 79.8 Å². The quantitative estimate of drug-likeness (QED) is 0.0109. The second-order valence-electron chi connectivity index (χ2n) is 32.6. The number of methoxy groups -OCH3 is 3. The van der Waals surface area contributed by atoms with E-state index in [2.05, 4.69) is 46.8 Å². The van der Waals surface area contributed by atoms with Gasteiger partial charge in [0.05, 0.1) is 115 Å². The Balaban J connectivity index is 0.659. The zero-order valence-electron chi connectivity index (χ0n) is 74.2. The van der Waals surface area contributed by atoms with Crippen LogP contribution in [0, 0.1) is 29.6 Å². The van der Waals surface area contributed by atoms with Crippen LogP contribution in [0.1, 0.15) is 138 Å². The number of hydrazine groups is 1. The number of aliphatic hydroxyl groups is 2. The highest BCUT2D eigenvalue weighted by Crippen LogP contribution is 2.53. The fourth-order valence-corrected chi connectivity index (χ4v) is 16.4. The minimum absolute atomic E-state index is 0.00445. The number of nitrogens with zero attached hydrogens (tertiary/aromatic N) is 4. The molecule has 0 radical (unpaired) electrons. The molecule has 129 heavy (non-hydrogen) atoms. The molecule has 7 unspecified atom stereocenters. The number of rotatable bonds is 46. The van der Waals surface area contributed by atoms with Crippen LogP contribution in [0.25, 0.3) is 0 Å². The van der Waals surface area contributed by atoms with Gasteiger partial charge in [0.25, 0.3) is 22.0 Å². The molecule has 2 aliphatic carbocycles. The lowest BCUT2D eigenvalue weighted by Crippen LogP contribution is -2.53. The number of benzene rings is 4. The minimum atomic E-state index is -3.74. The molecule has 0 aromatic heterocycles. The smallest absolute Gasteiger partial charge is 0.416 e. The summed E-state index contributed by atoms with van der Waals surface area (Å²) in [5.74, 6) is 3.04. The maximum absolute atomic E-state index is 14.4. The first-order valence-corrected chi connectivity index (χ1v) is 44.4. The summed E-state index contributed by atoms with van der Waals surface area (Å²) in [7, 11) is 0.580. The van der Waals surface area contributed by atoms with Crippen molar-refractivity contribution in [3.8, 4) is 23.0 Å². The molecule has 15 N–H and O–H groups in total. The van der Waals surface area contributed by atoms with Gasteiger partial charge in [0.2, 0.25) is 23.6 Å². The number of alkyl carbamates (subject to hydrolysis) is 2. The van der Waals surface area contributed by atoms with Crippen LogP contribution in [0.5, 0.6) is 23.0 Å². The number of ether oxygens (including phenoxy) is 12. The van der Waals surface area contributed by atoms with Gasteiger partial charge >= 0.3 is 24.4 Å². The number of anilines is 4. The Morgan fingerprint density at radius 2 is 1.00 bits per heavy atom. The lowest BCUT2D eigenvalue weighted by molar-refractivity contribution is -0.128. The number of allylic oxidation sites excluding steroid dienone is 2. The van der Waals surface area contributed by atoms with Crippen LogP contribution in [0.2, 0.25) is 0 Å². The van der Waals surface area contributed by atoms with Crippen molar-refractivity contribution in [2.75, 3.05) is 134 Å². The number of nitrogens with one attached hydrogen (secondary N) is 9. The van der Waals surface area contributed by atoms with E-state index in [1.54, 1.807) is 102 Å². The average molecular weight is 1830 g/mol. The van der Waals surface area contributed by atoms with Gasteiger partial charge in [-0.2, -0.15) is 13.1 Å². The van der Waals surface area contributed by atoms with Crippen LogP contribution in [-0.4, -0.2) is 245 Å². The van der Waals surface area contributed by atoms with E-state index in [1.807, 2.05) is 0 Å². The van der Waals surface area contributed by atoms with Crippen molar-refractivity contribution >= 4 is 92.8 Å². The summed E-state index contributed by atoms with van der Waals surface area (Å²) in [6.45, 7) is 12.4. The molecular weight excluding hydrogens is 1700 g/mol. The molecule has 0 spiro atoms. The predicted octanol–water partition coefficient (Wildman–Crippen LogP) is 5.71. The summed E-state index contributed by atoms with van der Waals surface area (Å²) < 4.78 is 97.5. The van der Waals surface area contributed by atoms with Crippen molar-refractivity contribution in [1.29, 1.82) is 0 Å². The monoisotopic (exact) mass is 1820 g/mol. The van der Waals surface area contributed by atoms with Gasteiger partial charge in [-0.25, -0.2) is 33.7 Å². The van der Waals surface area contributed by atoms with E-state index in [4.69, 9.17) is 68.4 Å². The van der Waals surface area contributed by atoms with Crippen molar-refractivity contribution in [3.05, 3.63) is 130 Å². The molecule has 4 aliphatic heterocycles. The van der Waals surface area contributed by atoms with Crippen molar-refractivity contribution in [1.82, 2.24) is 45.9 Å². The molecule has 42 heteroatoms. The van der Waals surface area contributed by atoms with Gasteiger partial charge in [0, 0.05) is 67.5 Å². The first-order valence-electron chi connectivity index (χ1n) is 42.9. The Labute approximate surface area is 749 Å². The fraction of sp³-hybridized carbons (Fsp3) is 0.540. The van der Waals surface area contributed by atoms with E-state index in [-0.39, 0.29) is 149 Å². The second-order valence-corrected chi connectivity index (χ2v) is 34.2. The van der Waals surface area contributed by atoms with Crippen LogP contribution in [0.4, 0.5) is 41.9 Å². The fourth-order valence-electron chi connectivity index (χ4n) is 15.6. The van der Waals surface area contributed by atoms with E-state index in [0.717, 1.165) is 51.6 Å². The molecule has 10 amide bonds. The van der Waals surface area contributed by atoms with E-state index in [1.165, 1.54) is 62.3 Å². The first-order chi connectivity index (χ1) is 61.8. The second kappa shape index (κ2) is 47.6. The highest BCUT2D eigenvalue weighted by molar-refractivity contribution is 7.87. The largest absolute Gasteiger partial charge is 0.493 e. The SMILES string of the molecule is COCCOCCOC(=O)N[C@H](C(=O)N[C@@H](C)C(=O)Nc1ccc(COC(=O)N2c3cc(OCCCCCOc4cc5c(cc4OC)C(=O)N4C=C(C)CC4C(O)N5C(=O)OCc4ccc(NC(=O)CNC(=O)[C@@H](NC(=O)OCCOCCOCCNS(=O)(=O)NCC5C6CC/C(N)=C(/NN)CCC65)C(C)C)cc4)c(OC)cc3C(=O)N3C=C(C)CC3C2O)cc1)C(C)C. The summed E-state index contributed by atoms with van der Waals surface area (Å²) in [6.07, 6.45) is 1.41. The number of aliphatic hydroxyl groups excluding tert-OH is 2. The Morgan fingerprint density at radius 1 is 0.535 bits per heavy atom. The number of hydrogen-bond acceptors (Lipinski definition) is 29. The zero-order chi connectivity index (χ0) is 93.2. The molecule has 10 rings (SSSR count). The Hall–Kier alpha value is -11.6. The normalized spacial score (nSPS) is 19.9. The number of carbonyl (C=O) groups is 10. The summed E-state index contributed by atoms with van der Waals surface area (Å²) in [5, 5.41) is 39.8. The first kappa shape index (κ1) is 99.5. The average Bonchev–Trinajstić information content (AvgIpc) is 1.60. The van der Waals surface area contributed by atoms with Gasteiger partial charge in [-0.05, 0) is 156 Å². The molecule has 1 saturated carbocycles. The number of nitrogens with two attached hydrogens (primary N) is 2. The maximum Gasteiger partial charge on any atom is 0.416 e. The highest BCUT2D eigenvalue weighted by Gasteiger charge is 2.51. The molecule has 10 atom stereocenters. The predicted molar refractivity (Wildman–Crippen MR) is 469 cm³/mol. The Morgan fingerprint density at radius 3 is 1.48 bits per heavy atom. The van der Waals surface area contributed by atoms with Crippen LogP contribution in [0.3, 0.4) is 0 Å². The van der Waals surface area contributed by atoms with E-state index < -0.39 is 125 Å². The molecule has 41 nitrogen and oxygen atoms in total. The molecule has 4 aromatic carbocycles. The van der Waals surface area contributed by atoms with E-state index >= 15 is 0 Å². The van der Waals surface area contributed by atoms with E-state index in [9.17, 15) is 66.6 Å². The van der Waals surface area contributed by atoms with Crippen molar-refractivity contribution in [3.63, 3.8) is 0 Å². The number of hydrogen-bond donors (Lipinski definition) is 13. The van der Waals surface area contributed by atoms with Gasteiger partial charge in [-0.15, -0.1) is 0 Å². The van der Waals surface area contributed by atoms with Gasteiger partial charge in [0.15, 0.2) is 35.5 Å². The molecule has 6 aliphatic rings. The lowest BCUT2D eigenvalue weighted by Gasteiger charge is -2.31. The third-order valence-electron chi connectivity index (χ3n) is 22.5. The molecule has 706 valence electrons. The molecule has 4 aromatic rings. The highest BCUT2D eigenvalue weighted by atomic mass is 32.2. The third-order valence-corrected chi connectivity index (χ3v) is 23.7. The van der Waals surface area contributed by atoms with Gasteiger partial charge in [-0.1, -0.05) is 63.1 Å². The minimum Gasteiger partial charge on any atom is -0.493 e. The Kier molecular flexibility index (Phi) is 36.8. The topological polar surface area (TPSA) is 529 Å². The number of carbonyl (C=O) groups excluding carboxylic acids is 10. The lowest BCUT2D eigenvalue weighted by atomic mass is 10.0. The number of fused-ring (bicyclic) bond motifs is 5. The zero-order valence-corrected chi connectivity index (χ0v) is 75.0. The van der Waals surface area contributed by atoms with Crippen LogP contribution in [0.15, 0.2) is 108 Å². The standard InChI is InChI=1S/C87H121N15O26S/c1-50(2)75(96-84(111)125-37-35-122-33-32-120-29-26-91-129(115,116)92-44-63-59-22-24-64(88)65(98-89)25-23-60(59)63)78(105)90-45-74(103)94-57-18-14-55(15-19-57)48-127-86(113)101-66-42-72(70(118-9)40-61(66)80(107)99-46-52(5)38-68(99)82(101)109)123-27-12-11-13-28-124-73-43-67-62(41-71(73)119-10)81(108)100-47-53(6)39-69(100)83(110)102(67)87(114)128-49-56-16-20-58(21-17-56)95-77(104)54(7)93-79(106)76(51(3)4)97-85(112)126-36-34-121-31-30-117-8/h14-21,40-43,46-47,50-51,54,59-60,63,68-69,75-76,82-83,91-92,98,109-110H,11-13,22-39,44-45,48-49,88-89H2,1-10H3,(H,90,105)(H,93,106)(H,94,103)(H,95,104)(H,96,111)(H,97,112)/b65-64-/t54-,59?,60?,63?,68?,69?,75-,76-,82?,83?/m0/s1. The summed E-state index contributed by atoms with van der Waals surface area (Å²) >= 11 is 0. The third kappa shape index (κ3) is 27.5. The van der Waals surface area contributed by atoms with Crippen molar-refractivity contribution in [2.24, 2.45) is 41.2 Å².